The van der Waals surface area contributed by atoms with Crippen LogP contribution in [-0.2, 0) is 19.1 Å². The highest BCUT2D eigenvalue weighted by atomic mass is 35.7. The van der Waals surface area contributed by atoms with E-state index in [2.05, 4.69) is 0 Å². The number of benzene rings is 1. The van der Waals surface area contributed by atoms with Crippen molar-refractivity contribution in [3.8, 4) is 0 Å². The van der Waals surface area contributed by atoms with Crippen molar-refractivity contribution in [3.05, 3.63) is 29.6 Å². The smallest absolute Gasteiger partial charge is 0.212 e. The van der Waals surface area contributed by atoms with Crippen LogP contribution in [0.4, 0.5) is 4.39 Å². The first-order valence-electron chi connectivity index (χ1n) is 4.80. The summed E-state index contributed by atoms with van der Waals surface area (Å²) >= 11 is 0. The first kappa shape index (κ1) is 15.4. The largest absolute Gasteiger partial charge is 0.240 e. The first-order chi connectivity index (χ1) is 8.12. The predicted octanol–water partition coefficient (Wildman–Crippen LogP) is 0.981. The van der Waals surface area contributed by atoms with Crippen LogP contribution in [0.25, 0.3) is 0 Å². The summed E-state index contributed by atoms with van der Waals surface area (Å²) in [4.78, 5) is -0.227. The maximum atomic E-state index is 13.0. The van der Waals surface area contributed by atoms with E-state index in [1.807, 2.05) is 4.72 Å². The third-order valence-electron chi connectivity index (χ3n) is 2.08. The molecule has 1 rings (SSSR count). The summed E-state index contributed by atoms with van der Waals surface area (Å²) in [6, 6.07) is 3.33. The Hall–Kier alpha value is -0.700. The Morgan fingerprint density at radius 3 is 2.44 bits per heavy atom. The molecular formula is C9H11ClFNO4S2. The molecule has 0 radical (unpaired) electrons. The van der Waals surface area contributed by atoms with E-state index in [-0.39, 0.29) is 11.4 Å². The Bertz CT molecular complexity index is 643. The highest BCUT2D eigenvalue weighted by Gasteiger charge is 2.18. The molecule has 5 nitrogen and oxygen atoms in total. The first-order valence-corrected chi connectivity index (χ1v) is 8.76. The lowest BCUT2D eigenvalue weighted by molar-refractivity contribution is 0.578. The van der Waals surface area contributed by atoms with Gasteiger partial charge in [-0.2, -0.15) is 0 Å². The van der Waals surface area contributed by atoms with Gasteiger partial charge < -0.3 is 0 Å². The van der Waals surface area contributed by atoms with Crippen LogP contribution in [0, 0.1) is 12.7 Å². The molecule has 0 unspecified atom stereocenters. The second-order valence-electron chi connectivity index (χ2n) is 3.55. The highest BCUT2D eigenvalue weighted by molar-refractivity contribution is 8.13. The minimum Gasteiger partial charge on any atom is -0.212 e. The maximum Gasteiger partial charge on any atom is 0.240 e. The minimum absolute atomic E-state index is 0.227. The third kappa shape index (κ3) is 4.52. The lowest BCUT2D eigenvalue weighted by Gasteiger charge is -2.08. The molecule has 9 heteroatoms. The zero-order chi connectivity index (χ0) is 14.0. The van der Waals surface area contributed by atoms with Crippen molar-refractivity contribution in [1.82, 2.24) is 4.72 Å². The van der Waals surface area contributed by atoms with Gasteiger partial charge in [-0.3, -0.25) is 0 Å². The molecule has 0 spiro atoms. The van der Waals surface area contributed by atoms with Crippen LogP contribution >= 0.6 is 10.7 Å². The van der Waals surface area contributed by atoms with Gasteiger partial charge in [0.1, 0.15) is 5.82 Å². The summed E-state index contributed by atoms with van der Waals surface area (Å²) in [5.74, 6) is -1.23. The summed E-state index contributed by atoms with van der Waals surface area (Å²) in [7, 11) is -2.78. The Labute approximate surface area is 109 Å². The molecule has 0 aliphatic carbocycles. The van der Waals surface area contributed by atoms with E-state index in [0.717, 1.165) is 12.1 Å². The SMILES string of the molecule is Cc1ccc(F)cc1S(=O)(=O)NCCS(=O)(=O)Cl. The second kappa shape index (κ2) is 5.52. The van der Waals surface area contributed by atoms with E-state index in [9.17, 15) is 21.2 Å². The number of hydrogen-bond donors (Lipinski definition) is 1. The van der Waals surface area contributed by atoms with Crippen LogP contribution in [-0.4, -0.2) is 29.1 Å². The summed E-state index contributed by atoms with van der Waals surface area (Å²) in [5.41, 5.74) is 0.359. The quantitative estimate of drug-likeness (QED) is 0.821. The van der Waals surface area contributed by atoms with Crippen molar-refractivity contribution >= 4 is 29.8 Å². The average Bonchev–Trinajstić information content (AvgIpc) is 2.19. The fraction of sp³-hybridized carbons (Fsp3) is 0.333. The monoisotopic (exact) mass is 315 g/mol. The Morgan fingerprint density at radius 2 is 1.89 bits per heavy atom. The van der Waals surface area contributed by atoms with Gasteiger partial charge >= 0.3 is 0 Å². The molecular weight excluding hydrogens is 305 g/mol. The van der Waals surface area contributed by atoms with Crippen LogP contribution in [0.15, 0.2) is 23.1 Å². The van der Waals surface area contributed by atoms with Crippen LogP contribution in [0.2, 0.25) is 0 Å². The van der Waals surface area contributed by atoms with Gasteiger partial charge in [-0.1, -0.05) is 6.07 Å². The summed E-state index contributed by atoms with van der Waals surface area (Å²) in [6.45, 7) is 1.14. The number of sulfonamides is 1. The average molecular weight is 316 g/mol. The van der Waals surface area contributed by atoms with Gasteiger partial charge in [0.05, 0.1) is 10.6 Å². The van der Waals surface area contributed by atoms with E-state index in [1.165, 1.54) is 13.0 Å². The van der Waals surface area contributed by atoms with E-state index in [1.54, 1.807) is 0 Å². The highest BCUT2D eigenvalue weighted by Crippen LogP contribution is 2.16. The molecule has 0 aliphatic heterocycles. The molecule has 0 fully saturated rings. The molecule has 0 saturated carbocycles. The molecule has 0 saturated heterocycles. The summed E-state index contributed by atoms with van der Waals surface area (Å²) < 4.78 is 59.9. The van der Waals surface area contributed by atoms with Crippen molar-refractivity contribution in [2.24, 2.45) is 0 Å². The van der Waals surface area contributed by atoms with Gasteiger partial charge in [0.2, 0.25) is 19.1 Å². The molecule has 18 heavy (non-hydrogen) atoms. The number of halogens is 2. The van der Waals surface area contributed by atoms with E-state index in [0.29, 0.717) is 5.56 Å². The van der Waals surface area contributed by atoms with E-state index in [4.69, 9.17) is 10.7 Å². The van der Waals surface area contributed by atoms with Crippen molar-refractivity contribution in [2.75, 3.05) is 12.3 Å². The second-order valence-corrected chi connectivity index (χ2v) is 8.18. The van der Waals surface area contributed by atoms with Crippen molar-refractivity contribution in [2.45, 2.75) is 11.8 Å². The molecule has 0 atom stereocenters. The van der Waals surface area contributed by atoms with Crippen molar-refractivity contribution in [1.29, 1.82) is 0 Å². The molecule has 0 aromatic heterocycles. The molecule has 0 amide bonds. The fourth-order valence-electron chi connectivity index (χ4n) is 1.24. The van der Waals surface area contributed by atoms with Crippen molar-refractivity contribution in [3.63, 3.8) is 0 Å². The minimum atomic E-state index is -3.95. The standard InChI is InChI=1S/C9H11ClFNO4S2/c1-7-2-3-8(11)6-9(7)18(15,16)12-4-5-17(10,13)14/h2-3,6,12H,4-5H2,1H3. The third-order valence-corrected chi connectivity index (χ3v) is 4.84. The van der Waals surface area contributed by atoms with Gasteiger partial charge in [-0.15, -0.1) is 0 Å². The molecule has 1 aromatic carbocycles. The van der Waals surface area contributed by atoms with Gasteiger partial charge in [0.25, 0.3) is 0 Å². The molecule has 0 bridgehead atoms. The Balaban J connectivity index is 2.90. The predicted molar refractivity (Wildman–Crippen MR) is 66.0 cm³/mol. The zero-order valence-corrected chi connectivity index (χ0v) is 11.7. The van der Waals surface area contributed by atoms with Crippen LogP contribution < -0.4 is 4.72 Å². The van der Waals surface area contributed by atoms with E-state index >= 15 is 0 Å². The molecule has 1 aromatic rings. The summed E-state index contributed by atoms with van der Waals surface area (Å²) in [6.07, 6.45) is 0. The lowest BCUT2D eigenvalue weighted by Crippen LogP contribution is -2.28. The number of hydrogen-bond acceptors (Lipinski definition) is 4. The van der Waals surface area contributed by atoms with Crippen LogP contribution in [0.5, 0.6) is 0 Å². The van der Waals surface area contributed by atoms with Crippen molar-refractivity contribution < 1.29 is 21.2 Å². The molecule has 1 N–H and O–H groups in total. The van der Waals surface area contributed by atoms with E-state index < -0.39 is 30.6 Å². The number of nitrogens with one attached hydrogen (secondary N) is 1. The molecule has 0 aliphatic rings. The molecule has 0 heterocycles. The van der Waals surface area contributed by atoms with Gasteiger partial charge in [-0.25, -0.2) is 25.9 Å². The number of rotatable bonds is 5. The van der Waals surface area contributed by atoms with Gasteiger partial charge in [0, 0.05) is 17.2 Å². The maximum absolute atomic E-state index is 13.0. The Morgan fingerprint density at radius 1 is 1.28 bits per heavy atom. The lowest BCUT2D eigenvalue weighted by atomic mass is 10.2. The number of aryl methyl sites for hydroxylation is 1. The van der Waals surface area contributed by atoms with Gasteiger partial charge in [-0.05, 0) is 24.6 Å². The summed E-state index contributed by atoms with van der Waals surface area (Å²) in [5, 5.41) is 0. The normalized spacial score (nSPS) is 12.6. The van der Waals surface area contributed by atoms with Crippen LogP contribution in [0.3, 0.4) is 0 Å². The van der Waals surface area contributed by atoms with Gasteiger partial charge in [0.15, 0.2) is 0 Å². The Kier molecular flexibility index (Phi) is 4.71. The topological polar surface area (TPSA) is 80.3 Å². The fourth-order valence-corrected chi connectivity index (χ4v) is 3.23. The molecule has 102 valence electrons. The van der Waals surface area contributed by atoms with Crippen LogP contribution in [0.1, 0.15) is 5.56 Å². The zero-order valence-electron chi connectivity index (χ0n) is 9.35.